The summed E-state index contributed by atoms with van der Waals surface area (Å²) < 4.78 is 6.15. The molecule has 2 heterocycles. The van der Waals surface area contributed by atoms with Gasteiger partial charge in [-0.1, -0.05) is 32.4 Å². The number of hydrogen-bond donors (Lipinski definition) is 5. The van der Waals surface area contributed by atoms with Crippen LogP contribution >= 0.6 is 23.5 Å². The third-order valence-electron chi connectivity index (χ3n) is 8.21. The van der Waals surface area contributed by atoms with Crippen molar-refractivity contribution in [2.24, 2.45) is 5.92 Å². The van der Waals surface area contributed by atoms with E-state index >= 15 is 0 Å². The van der Waals surface area contributed by atoms with Crippen molar-refractivity contribution < 1.29 is 24.9 Å². The molecular weight excluding hydrogens is 560 g/mol. The van der Waals surface area contributed by atoms with Crippen LogP contribution < -0.4 is 10.6 Å². The molecule has 11 heteroatoms. The number of carbonyl (C=O) groups is 1. The van der Waals surface area contributed by atoms with Gasteiger partial charge in [-0.3, -0.25) is 9.69 Å². The molecule has 9 nitrogen and oxygen atoms in total. The number of carbonyl (C=O) groups excluding carboxylic acids is 1. The third kappa shape index (κ3) is 9.81. The van der Waals surface area contributed by atoms with Crippen molar-refractivity contribution in [2.75, 3.05) is 53.6 Å². The number of rotatable bonds is 15. The molecule has 9 atom stereocenters. The summed E-state index contributed by atoms with van der Waals surface area (Å²) >= 11 is 2.89. The fourth-order valence-corrected chi connectivity index (χ4v) is 7.58. The minimum Gasteiger partial charge on any atom is -0.388 e. The molecule has 0 spiro atoms. The lowest BCUT2D eigenvalue weighted by molar-refractivity contribution is -0.205. The van der Waals surface area contributed by atoms with Gasteiger partial charge >= 0.3 is 0 Å². The highest BCUT2D eigenvalue weighted by Crippen LogP contribution is 2.34. The van der Waals surface area contributed by atoms with Gasteiger partial charge in [0.15, 0.2) is 0 Å². The monoisotopic (exact) mass is 612 g/mol. The van der Waals surface area contributed by atoms with E-state index in [-0.39, 0.29) is 17.2 Å². The Hall–Kier alpha value is -0.890. The zero-order valence-corrected chi connectivity index (χ0v) is 27.2. The van der Waals surface area contributed by atoms with Crippen molar-refractivity contribution in [3.05, 3.63) is 29.8 Å². The number of nitrogens with one attached hydrogen (secondary N) is 2. The van der Waals surface area contributed by atoms with Crippen LogP contribution in [0.5, 0.6) is 0 Å². The first kappa shape index (κ1) is 34.6. The van der Waals surface area contributed by atoms with E-state index in [9.17, 15) is 20.1 Å². The predicted molar refractivity (Wildman–Crippen MR) is 168 cm³/mol. The number of nitrogens with zero attached hydrogens (tertiary/aromatic N) is 2. The molecule has 2 aliphatic rings. The van der Waals surface area contributed by atoms with E-state index in [0.717, 1.165) is 56.8 Å². The van der Waals surface area contributed by atoms with Crippen LogP contribution in [0.3, 0.4) is 0 Å². The van der Waals surface area contributed by atoms with Crippen molar-refractivity contribution in [3.8, 4) is 0 Å². The Balaban J connectivity index is 1.71. The topological polar surface area (TPSA) is 118 Å². The van der Waals surface area contributed by atoms with Crippen LogP contribution in [-0.4, -0.2) is 132 Å². The number of aliphatic hydroxyl groups excluding tert-OH is 3. The number of aliphatic hydroxyl groups is 3. The van der Waals surface area contributed by atoms with Gasteiger partial charge in [-0.05, 0) is 76.8 Å². The van der Waals surface area contributed by atoms with Crippen molar-refractivity contribution in [2.45, 2.75) is 91.6 Å². The molecule has 3 rings (SSSR count). The Morgan fingerprint density at radius 3 is 2.49 bits per heavy atom. The first-order valence-electron chi connectivity index (χ1n) is 14.9. The SMILES string of the molecule is CCC[C@@H]1C[C@@H](C(=O)N[C@H](C2O[C@H](SC)[C@H](O)[C@@H](O)[C@H]2O)[C@H](C)Sc2ccc(CCNCCN(C)C)cc2)N(C)C1. The smallest absolute Gasteiger partial charge is 0.237 e. The molecule has 41 heavy (non-hydrogen) atoms. The second kappa shape index (κ2) is 16.8. The Morgan fingerprint density at radius 1 is 1.15 bits per heavy atom. The molecule has 1 amide bonds. The fraction of sp³-hybridized carbons (Fsp3) is 0.767. The van der Waals surface area contributed by atoms with Gasteiger partial charge < -0.3 is 35.6 Å². The summed E-state index contributed by atoms with van der Waals surface area (Å²) in [4.78, 5) is 18.9. The van der Waals surface area contributed by atoms with E-state index in [1.807, 2.05) is 14.0 Å². The largest absolute Gasteiger partial charge is 0.388 e. The summed E-state index contributed by atoms with van der Waals surface area (Å²) in [6.07, 6.45) is 0.942. The van der Waals surface area contributed by atoms with Gasteiger partial charge in [0.2, 0.25) is 5.91 Å². The molecule has 0 bridgehead atoms. The van der Waals surface area contributed by atoms with Crippen LogP contribution in [0.1, 0.15) is 38.7 Å². The highest BCUT2D eigenvalue weighted by Gasteiger charge is 2.48. The van der Waals surface area contributed by atoms with Gasteiger partial charge in [-0.2, -0.15) is 0 Å². The van der Waals surface area contributed by atoms with Gasteiger partial charge in [0, 0.05) is 29.8 Å². The molecule has 2 aliphatic heterocycles. The second-order valence-electron chi connectivity index (χ2n) is 11.8. The lowest BCUT2D eigenvalue weighted by Gasteiger charge is -2.44. The van der Waals surface area contributed by atoms with Crippen LogP contribution in [0.4, 0.5) is 0 Å². The van der Waals surface area contributed by atoms with Gasteiger partial charge in [-0.25, -0.2) is 0 Å². The van der Waals surface area contributed by atoms with Crippen LogP contribution in [0.2, 0.25) is 0 Å². The van der Waals surface area contributed by atoms with E-state index in [4.69, 9.17) is 4.74 Å². The van der Waals surface area contributed by atoms with E-state index in [1.165, 1.54) is 17.3 Å². The molecule has 0 radical (unpaired) electrons. The van der Waals surface area contributed by atoms with Crippen molar-refractivity contribution in [1.82, 2.24) is 20.4 Å². The highest BCUT2D eigenvalue weighted by molar-refractivity contribution is 8.00. The first-order valence-corrected chi connectivity index (χ1v) is 17.1. The Morgan fingerprint density at radius 2 is 1.85 bits per heavy atom. The van der Waals surface area contributed by atoms with Crippen LogP contribution in [0, 0.1) is 5.92 Å². The quantitative estimate of drug-likeness (QED) is 0.148. The average molecular weight is 613 g/mol. The number of amides is 1. The van der Waals surface area contributed by atoms with E-state index < -0.39 is 35.9 Å². The molecule has 2 fully saturated rings. The summed E-state index contributed by atoms with van der Waals surface area (Å²) in [6, 6.07) is 7.62. The normalized spacial score (nSPS) is 30.4. The maximum atomic E-state index is 13.6. The number of benzene rings is 1. The van der Waals surface area contributed by atoms with Crippen LogP contribution in [0.25, 0.3) is 0 Å². The Kier molecular flexibility index (Phi) is 14.2. The maximum Gasteiger partial charge on any atom is 0.237 e. The van der Waals surface area contributed by atoms with Gasteiger partial charge in [0.25, 0.3) is 0 Å². The van der Waals surface area contributed by atoms with Crippen LogP contribution in [0.15, 0.2) is 29.2 Å². The third-order valence-corrected chi connectivity index (χ3v) is 10.3. The Labute approximate surface area is 255 Å². The van der Waals surface area contributed by atoms with Crippen molar-refractivity contribution >= 4 is 29.4 Å². The standard InChI is InChI=1S/C30H52N4O5S2/c1-7-8-21-17-23(34(5)18-21)29(38)32-24(28-26(36)25(35)27(37)30(39-28)40-6)19(2)41-22-11-9-20(10-12-22)13-14-31-15-16-33(3)4/h9-12,19,21,23-28,30-31,35-37H,7-8,13-18H2,1-6H3,(H,32,38)/t19-,21+,23-,24-,25-,26+,27+,28?,30+/m0/s1. The van der Waals surface area contributed by atoms with E-state index in [1.54, 1.807) is 18.0 Å². The van der Waals surface area contributed by atoms with Gasteiger partial charge in [0.05, 0.1) is 12.1 Å². The molecule has 5 N–H and O–H groups in total. The van der Waals surface area contributed by atoms with Crippen LogP contribution in [-0.2, 0) is 16.0 Å². The lowest BCUT2D eigenvalue weighted by Crippen LogP contribution is -2.65. The number of thioether (sulfide) groups is 2. The van der Waals surface area contributed by atoms with E-state index in [2.05, 4.69) is 65.7 Å². The van der Waals surface area contributed by atoms with E-state index in [0.29, 0.717) is 5.92 Å². The minimum absolute atomic E-state index is 0.0854. The molecule has 0 saturated carbocycles. The summed E-state index contributed by atoms with van der Waals surface area (Å²) in [7, 11) is 6.12. The molecule has 1 unspecified atom stereocenters. The second-order valence-corrected chi connectivity index (χ2v) is 14.2. The summed E-state index contributed by atoms with van der Waals surface area (Å²) in [5, 5.41) is 38.6. The van der Waals surface area contributed by atoms with Gasteiger partial charge in [0.1, 0.15) is 29.9 Å². The van der Waals surface area contributed by atoms with Gasteiger partial charge in [-0.15, -0.1) is 23.5 Å². The summed E-state index contributed by atoms with van der Waals surface area (Å²) in [5.41, 5.74) is 0.546. The number of hydrogen-bond acceptors (Lipinski definition) is 10. The molecular formula is C30H52N4O5S2. The number of likely N-dealkylation sites (tertiary alicyclic amines) is 1. The van der Waals surface area contributed by atoms with Crippen molar-refractivity contribution in [3.63, 3.8) is 0 Å². The predicted octanol–water partition coefficient (Wildman–Crippen LogP) is 1.64. The lowest BCUT2D eigenvalue weighted by atomic mass is 9.92. The maximum absolute atomic E-state index is 13.6. The van der Waals surface area contributed by atoms with Crippen molar-refractivity contribution in [1.29, 1.82) is 0 Å². The average Bonchev–Trinajstić information content (AvgIpc) is 3.31. The highest BCUT2D eigenvalue weighted by atomic mass is 32.2. The Bertz CT molecular complexity index is 925. The minimum atomic E-state index is -1.36. The zero-order chi connectivity index (χ0) is 30.1. The zero-order valence-electron chi connectivity index (χ0n) is 25.5. The summed E-state index contributed by atoms with van der Waals surface area (Å²) in [5.74, 6) is 0.403. The molecule has 2 saturated heterocycles. The first-order chi connectivity index (χ1) is 19.5. The number of ether oxygens (including phenoxy) is 1. The molecule has 1 aromatic rings. The molecule has 234 valence electrons. The summed E-state index contributed by atoms with van der Waals surface area (Å²) in [6.45, 7) is 7.95. The molecule has 1 aromatic carbocycles. The molecule has 0 aromatic heterocycles. The molecule has 0 aliphatic carbocycles. The number of likely N-dealkylation sites (N-methyl/N-ethyl adjacent to an activating group) is 2. The fourth-order valence-electron chi connectivity index (χ4n) is 5.80.